The first-order chi connectivity index (χ1) is 18.4. The van der Waals surface area contributed by atoms with Crippen LogP contribution >= 0.6 is 0 Å². The predicted molar refractivity (Wildman–Crippen MR) is 158 cm³/mol. The fourth-order valence-corrected chi connectivity index (χ4v) is 6.77. The molecular weight excluding hydrogens is 579 g/mol. The van der Waals surface area contributed by atoms with Crippen molar-refractivity contribution in [3.05, 3.63) is 97.1 Å². The van der Waals surface area contributed by atoms with Crippen LogP contribution in [0.3, 0.4) is 0 Å². The molecule has 1 heterocycles. The molecule has 0 spiro atoms. The topological polar surface area (TPSA) is 74.6 Å². The van der Waals surface area contributed by atoms with Gasteiger partial charge in [-0.2, -0.15) is 0 Å². The Kier molecular flexibility index (Phi) is 8.03. The summed E-state index contributed by atoms with van der Waals surface area (Å²) in [6, 6.07) is 30.6. The van der Waals surface area contributed by atoms with Gasteiger partial charge in [0.15, 0.2) is 0 Å². The summed E-state index contributed by atoms with van der Waals surface area (Å²) >= 11 is -1.05. The third-order valence-electron chi connectivity index (χ3n) is 6.40. The Morgan fingerprint density at radius 3 is 2.03 bits per heavy atom. The molecule has 5 aromatic rings. The first kappa shape index (κ1) is 25.9. The molecule has 0 saturated carbocycles. The van der Waals surface area contributed by atoms with E-state index in [0.717, 1.165) is 63.4 Å². The van der Waals surface area contributed by atoms with E-state index in [1.54, 1.807) is 24.3 Å². The standard InChI is InChI=1S/C30H25N2O3.2CH3.Sn/c1-2-17-35-27-15-9-24(10-16-27)31-30-28(21-7-13-26(34)14-8-21)18-23-4-3-22(19-29(23)32-30)20-5-11-25(33)12-6-20;;;/h3-16,18-19,33-34H,1-2,17H2,(H,31,32);2*1H3;. The summed E-state index contributed by atoms with van der Waals surface area (Å²) in [6.45, 7) is 0.763. The minimum absolute atomic E-state index is 0.225. The summed E-state index contributed by atoms with van der Waals surface area (Å²) in [5.74, 6) is 2.07. The van der Waals surface area contributed by atoms with Crippen molar-refractivity contribution in [1.29, 1.82) is 0 Å². The van der Waals surface area contributed by atoms with Gasteiger partial charge in [0.05, 0.1) is 0 Å². The number of nitrogens with zero attached hydrogens (tertiary/aromatic N) is 1. The van der Waals surface area contributed by atoms with Gasteiger partial charge < -0.3 is 10.2 Å². The van der Waals surface area contributed by atoms with Gasteiger partial charge in [0, 0.05) is 5.39 Å². The van der Waals surface area contributed by atoms with Crippen LogP contribution in [0, 0.1) is 0 Å². The molecule has 0 aliphatic heterocycles. The zero-order valence-corrected chi connectivity index (χ0v) is 24.5. The summed E-state index contributed by atoms with van der Waals surface area (Å²) in [5.41, 5.74) is 5.70. The average Bonchev–Trinajstić information content (AvgIpc) is 2.92. The van der Waals surface area contributed by atoms with Crippen molar-refractivity contribution in [2.45, 2.75) is 20.7 Å². The maximum absolute atomic E-state index is 9.81. The minimum atomic E-state index is -1.05. The van der Waals surface area contributed by atoms with E-state index in [0.29, 0.717) is 0 Å². The first-order valence-electron chi connectivity index (χ1n) is 12.8. The van der Waals surface area contributed by atoms with Gasteiger partial charge in [-0.05, 0) is 41.5 Å². The third-order valence-corrected chi connectivity index (χ3v) is 10.3. The van der Waals surface area contributed by atoms with Crippen LogP contribution < -0.4 is 10.1 Å². The monoisotopic (exact) mass is 611 g/mol. The van der Waals surface area contributed by atoms with E-state index in [1.807, 2.05) is 48.5 Å². The zero-order valence-electron chi connectivity index (χ0n) is 21.6. The number of benzene rings is 4. The van der Waals surface area contributed by atoms with Gasteiger partial charge in [-0.25, -0.2) is 0 Å². The molecular formula is C32H31N2O3Sn. The molecule has 4 aromatic carbocycles. The van der Waals surface area contributed by atoms with Gasteiger partial charge >= 0.3 is 126 Å². The van der Waals surface area contributed by atoms with E-state index in [2.05, 4.69) is 39.5 Å². The molecule has 1 radical (unpaired) electrons. The Bertz CT molecular complexity index is 1520. The summed E-state index contributed by atoms with van der Waals surface area (Å²) in [7, 11) is 0. The second-order valence-corrected chi connectivity index (χ2v) is 18.0. The Morgan fingerprint density at radius 2 is 1.37 bits per heavy atom. The molecule has 0 unspecified atom stereocenters. The van der Waals surface area contributed by atoms with Crippen LogP contribution in [-0.4, -0.2) is 41.6 Å². The van der Waals surface area contributed by atoms with Crippen molar-refractivity contribution < 1.29 is 14.9 Å². The first-order valence-corrected chi connectivity index (χ1v) is 20.5. The number of aromatic nitrogens is 1. The van der Waals surface area contributed by atoms with Gasteiger partial charge in [-0.3, -0.25) is 0 Å². The molecule has 0 amide bonds. The molecule has 0 aliphatic carbocycles. The molecule has 38 heavy (non-hydrogen) atoms. The molecule has 0 atom stereocenters. The summed E-state index contributed by atoms with van der Waals surface area (Å²) < 4.78 is 7.29. The quantitative estimate of drug-likeness (QED) is 0.116. The van der Waals surface area contributed by atoms with Crippen LogP contribution in [0.25, 0.3) is 33.2 Å². The number of hydrogen-bond donors (Lipinski definition) is 3. The number of hydrogen-bond acceptors (Lipinski definition) is 5. The summed E-state index contributed by atoms with van der Waals surface area (Å²) in [5, 5.41) is 24.0. The zero-order chi connectivity index (χ0) is 26.5. The van der Waals surface area contributed by atoms with Gasteiger partial charge in [-0.1, -0.05) is 36.4 Å². The predicted octanol–water partition coefficient (Wildman–Crippen LogP) is 8.25. The number of anilines is 2. The van der Waals surface area contributed by atoms with Crippen LogP contribution in [0.15, 0.2) is 97.1 Å². The molecule has 0 fully saturated rings. The Labute approximate surface area is 230 Å². The average molecular weight is 610 g/mol. The second-order valence-electron chi connectivity index (χ2n) is 9.69. The Balaban J connectivity index is 1.46. The molecule has 191 valence electrons. The van der Waals surface area contributed by atoms with E-state index in [-0.39, 0.29) is 11.5 Å². The van der Waals surface area contributed by atoms with Gasteiger partial charge in [0.2, 0.25) is 0 Å². The van der Waals surface area contributed by atoms with Crippen molar-refractivity contribution >= 4 is 42.2 Å². The van der Waals surface area contributed by atoms with Crippen LogP contribution in [0.2, 0.25) is 14.3 Å². The molecule has 3 N–H and O–H groups in total. The van der Waals surface area contributed by atoms with Crippen molar-refractivity contribution in [3.8, 4) is 39.5 Å². The molecule has 1 aromatic heterocycles. The molecule has 0 bridgehead atoms. The number of aromatic hydroxyl groups is 2. The Morgan fingerprint density at radius 1 is 0.737 bits per heavy atom. The third kappa shape index (κ3) is 6.40. The number of ether oxygens (including phenoxy) is 1. The number of rotatable bonds is 9. The fourth-order valence-electron chi connectivity index (χ4n) is 4.34. The normalized spacial score (nSPS) is 11.1. The molecule has 0 saturated heterocycles. The van der Waals surface area contributed by atoms with E-state index in [4.69, 9.17) is 9.72 Å². The van der Waals surface area contributed by atoms with Crippen molar-refractivity contribution in [2.24, 2.45) is 0 Å². The maximum atomic E-state index is 9.81. The van der Waals surface area contributed by atoms with E-state index >= 15 is 0 Å². The van der Waals surface area contributed by atoms with Crippen LogP contribution in [0.4, 0.5) is 11.5 Å². The molecule has 0 aliphatic rings. The summed E-state index contributed by atoms with van der Waals surface area (Å²) in [4.78, 5) is 9.87. The van der Waals surface area contributed by atoms with E-state index in [9.17, 15) is 10.2 Å². The van der Waals surface area contributed by atoms with Crippen molar-refractivity contribution in [2.75, 3.05) is 11.9 Å². The van der Waals surface area contributed by atoms with Crippen LogP contribution in [0.1, 0.15) is 6.42 Å². The van der Waals surface area contributed by atoms with E-state index in [1.165, 1.54) is 4.44 Å². The van der Waals surface area contributed by atoms with Crippen LogP contribution in [-0.2, 0) is 0 Å². The van der Waals surface area contributed by atoms with Crippen molar-refractivity contribution in [3.63, 3.8) is 0 Å². The SMILES string of the molecule is [CH3][Sn]([CH3])[CH2]CCOc1ccc(Nc2nc3cc(-c4ccc(O)cc4)ccc3cc2-c2ccc(O)cc2)cc1. The molecule has 5 nitrogen and oxygen atoms in total. The van der Waals surface area contributed by atoms with Gasteiger partial charge in [-0.15, -0.1) is 0 Å². The number of nitrogens with one attached hydrogen (secondary N) is 1. The summed E-state index contributed by atoms with van der Waals surface area (Å²) in [6.07, 6.45) is 1.13. The Hall–Kier alpha value is -3.71. The second kappa shape index (κ2) is 11.8. The number of phenols is 2. The van der Waals surface area contributed by atoms with E-state index < -0.39 is 19.8 Å². The number of pyridine rings is 1. The van der Waals surface area contributed by atoms with Gasteiger partial charge in [0.1, 0.15) is 11.5 Å². The number of phenolic OH excluding ortho intramolecular Hbond substituents is 2. The van der Waals surface area contributed by atoms with Crippen LogP contribution in [0.5, 0.6) is 17.2 Å². The van der Waals surface area contributed by atoms with Crippen molar-refractivity contribution in [1.82, 2.24) is 4.98 Å². The fraction of sp³-hybridized carbons (Fsp3) is 0.156. The van der Waals surface area contributed by atoms with Gasteiger partial charge in [0.25, 0.3) is 0 Å². The molecule has 6 heteroatoms. The number of fused-ring (bicyclic) bond motifs is 1. The molecule has 5 rings (SSSR count).